The molecule has 8 heteroatoms. The first-order valence-electron chi connectivity index (χ1n) is 7.78. The van der Waals surface area contributed by atoms with Gasteiger partial charge in [0.15, 0.2) is 0 Å². The number of halogens is 1. The maximum atomic E-state index is 11.9. The van der Waals surface area contributed by atoms with Gasteiger partial charge in [0, 0.05) is 21.8 Å². The number of hydrogen-bond donors (Lipinski definition) is 1. The van der Waals surface area contributed by atoms with Crippen LogP contribution in [0.1, 0.15) is 18.9 Å². The van der Waals surface area contributed by atoms with Crippen molar-refractivity contribution in [1.29, 1.82) is 5.26 Å². The smallest absolute Gasteiger partial charge is 0.348 e. The van der Waals surface area contributed by atoms with Crippen molar-refractivity contribution in [2.45, 2.75) is 19.9 Å². The molecule has 0 bridgehead atoms. The monoisotopic (exact) mass is 417 g/mol. The lowest BCUT2D eigenvalue weighted by molar-refractivity contribution is -0.138. The van der Waals surface area contributed by atoms with Crippen molar-refractivity contribution in [2.24, 2.45) is 0 Å². The van der Waals surface area contributed by atoms with Crippen LogP contribution in [0.3, 0.4) is 0 Å². The van der Waals surface area contributed by atoms with Gasteiger partial charge in [-0.15, -0.1) is 0 Å². The molecule has 0 atom stereocenters. The highest BCUT2D eigenvalue weighted by atomic mass is 79.9. The summed E-state index contributed by atoms with van der Waals surface area (Å²) in [7, 11) is 0. The summed E-state index contributed by atoms with van der Waals surface area (Å²) in [6, 6.07) is 9.21. The first-order chi connectivity index (χ1) is 12.4. The topological polar surface area (TPSA) is 105 Å². The van der Waals surface area contributed by atoms with Crippen molar-refractivity contribution >= 4 is 33.9 Å². The maximum Gasteiger partial charge on any atom is 0.348 e. The van der Waals surface area contributed by atoms with E-state index in [0.717, 1.165) is 10.0 Å². The second kappa shape index (κ2) is 8.97. The molecule has 1 heterocycles. The van der Waals surface area contributed by atoms with Crippen LogP contribution in [0.4, 0.5) is 0 Å². The second-order valence-electron chi connectivity index (χ2n) is 5.24. The summed E-state index contributed by atoms with van der Waals surface area (Å²) in [6.07, 6.45) is 2.92. The van der Waals surface area contributed by atoms with E-state index in [2.05, 4.69) is 21.0 Å². The van der Waals surface area contributed by atoms with Gasteiger partial charge in [-0.2, -0.15) is 10.4 Å². The van der Waals surface area contributed by atoms with Gasteiger partial charge < -0.3 is 9.84 Å². The first kappa shape index (κ1) is 19.4. The Hall–Kier alpha value is -2.92. The first-order valence-corrected chi connectivity index (χ1v) is 8.58. The fraction of sp³-hybridized carbons (Fsp3) is 0.222. The van der Waals surface area contributed by atoms with Gasteiger partial charge in [-0.25, -0.2) is 4.79 Å². The number of esters is 1. The normalized spacial score (nSPS) is 11.0. The maximum absolute atomic E-state index is 11.9. The Morgan fingerprint density at radius 1 is 1.46 bits per heavy atom. The van der Waals surface area contributed by atoms with E-state index in [1.165, 1.54) is 10.8 Å². The summed E-state index contributed by atoms with van der Waals surface area (Å²) in [5.41, 5.74) is 1.67. The van der Waals surface area contributed by atoms with Crippen LogP contribution in [0.2, 0.25) is 0 Å². The van der Waals surface area contributed by atoms with E-state index in [-0.39, 0.29) is 25.1 Å². The van der Waals surface area contributed by atoms with Gasteiger partial charge in [-0.1, -0.05) is 28.1 Å². The molecule has 0 aliphatic rings. The Bertz CT molecular complexity index is 896. The fourth-order valence-corrected chi connectivity index (χ4v) is 2.63. The van der Waals surface area contributed by atoms with Crippen LogP contribution in [0, 0.1) is 11.3 Å². The molecule has 26 heavy (non-hydrogen) atoms. The number of hydrogen-bond acceptors (Lipinski definition) is 5. The second-order valence-corrected chi connectivity index (χ2v) is 6.16. The van der Waals surface area contributed by atoms with E-state index in [1.54, 1.807) is 13.1 Å². The van der Waals surface area contributed by atoms with Crippen molar-refractivity contribution in [2.75, 3.05) is 6.61 Å². The number of aryl methyl sites for hydroxylation is 1. The van der Waals surface area contributed by atoms with Gasteiger partial charge in [-0.3, -0.25) is 9.48 Å². The molecular weight excluding hydrogens is 402 g/mol. The number of carbonyl (C=O) groups excluding carboxylic acids is 1. The third-order valence-corrected chi connectivity index (χ3v) is 3.85. The highest BCUT2D eigenvalue weighted by molar-refractivity contribution is 9.10. The van der Waals surface area contributed by atoms with E-state index >= 15 is 0 Å². The molecule has 1 aromatic carbocycles. The van der Waals surface area contributed by atoms with Gasteiger partial charge in [-0.05, 0) is 25.1 Å². The van der Waals surface area contributed by atoms with Crippen LogP contribution in [0.15, 0.2) is 40.5 Å². The Labute approximate surface area is 158 Å². The average Bonchev–Trinajstić information content (AvgIpc) is 3.01. The van der Waals surface area contributed by atoms with Gasteiger partial charge >= 0.3 is 11.9 Å². The Kier molecular flexibility index (Phi) is 6.69. The van der Waals surface area contributed by atoms with Crippen LogP contribution >= 0.6 is 15.9 Å². The molecule has 7 nitrogen and oxygen atoms in total. The molecule has 0 aliphatic carbocycles. The Balaban J connectivity index is 2.50. The molecule has 1 N–H and O–H groups in total. The lowest BCUT2D eigenvalue weighted by Crippen LogP contribution is -2.06. The zero-order chi connectivity index (χ0) is 19.1. The molecule has 0 fully saturated rings. The molecule has 0 radical (unpaired) electrons. The lowest BCUT2D eigenvalue weighted by Gasteiger charge is -2.02. The minimum absolute atomic E-state index is 0.0915. The van der Waals surface area contributed by atoms with Crippen LogP contribution < -0.4 is 0 Å². The Morgan fingerprint density at radius 2 is 2.23 bits per heavy atom. The number of aliphatic carboxylic acids is 1. The van der Waals surface area contributed by atoms with E-state index in [1.807, 2.05) is 30.3 Å². The largest absolute Gasteiger partial charge is 0.481 e. The zero-order valence-corrected chi connectivity index (χ0v) is 15.6. The molecule has 0 aliphatic heterocycles. The predicted molar refractivity (Wildman–Crippen MR) is 97.8 cm³/mol. The number of rotatable bonds is 7. The number of carbonyl (C=O) groups is 2. The molecule has 2 aromatic rings. The quantitative estimate of drug-likeness (QED) is 0.421. The molecule has 0 saturated carbocycles. The molecule has 0 saturated heterocycles. The van der Waals surface area contributed by atoms with E-state index in [4.69, 9.17) is 9.84 Å². The van der Waals surface area contributed by atoms with Crippen LogP contribution in [0.25, 0.3) is 17.3 Å². The summed E-state index contributed by atoms with van der Waals surface area (Å²) in [4.78, 5) is 22.7. The number of ether oxygens (including phenoxy) is 1. The predicted octanol–water partition coefficient (Wildman–Crippen LogP) is 3.26. The van der Waals surface area contributed by atoms with Crippen molar-refractivity contribution in [3.05, 3.63) is 46.1 Å². The summed E-state index contributed by atoms with van der Waals surface area (Å²) >= 11 is 3.39. The van der Waals surface area contributed by atoms with Gasteiger partial charge in [0.05, 0.1) is 25.3 Å². The molecule has 134 valence electrons. The van der Waals surface area contributed by atoms with Crippen LogP contribution in [0.5, 0.6) is 0 Å². The number of carboxylic acid groups (broad SMARTS) is 1. The number of carboxylic acids is 1. The highest BCUT2D eigenvalue weighted by Gasteiger charge is 2.15. The minimum atomic E-state index is -0.939. The summed E-state index contributed by atoms with van der Waals surface area (Å²) in [6.45, 7) is 1.99. The third-order valence-electron chi connectivity index (χ3n) is 3.36. The van der Waals surface area contributed by atoms with Crippen LogP contribution in [-0.4, -0.2) is 33.4 Å². The number of benzene rings is 1. The zero-order valence-electron chi connectivity index (χ0n) is 14.0. The minimum Gasteiger partial charge on any atom is -0.481 e. The summed E-state index contributed by atoms with van der Waals surface area (Å²) in [5.74, 6) is -1.65. The SMILES string of the molecule is CCOC(=O)/C(C#N)=C/c1cn(CCC(=O)O)nc1-c1cccc(Br)c1. The third kappa shape index (κ3) is 5.04. The van der Waals surface area contributed by atoms with Gasteiger partial charge in [0.2, 0.25) is 0 Å². The number of nitrogens with zero attached hydrogens (tertiary/aromatic N) is 3. The number of nitriles is 1. The molecule has 2 rings (SSSR count). The highest BCUT2D eigenvalue weighted by Crippen LogP contribution is 2.27. The number of aromatic nitrogens is 2. The van der Waals surface area contributed by atoms with E-state index < -0.39 is 11.9 Å². The van der Waals surface area contributed by atoms with E-state index in [0.29, 0.717) is 11.3 Å². The van der Waals surface area contributed by atoms with Crippen molar-refractivity contribution in [1.82, 2.24) is 9.78 Å². The van der Waals surface area contributed by atoms with Crippen molar-refractivity contribution in [3.8, 4) is 17.3 Å². The molecule has 0 unspecified atom stereocenters. The molecule has 0 spiro atoms. The van der Waals surface area contributed by atoms with Crippen molar-refractivity contribution < 1.29 is 19.4 Å². The van der Waals surface area contributed by atoms with Gasteiger partial charge in [0.1, 0.15) is 11.6 Å². The van der Waals surface area contributed by atoms with E-state index in [9.17, 15) is 14.9 Å². The van der Waals surface area contributed by atoms with Gasteiger partial charge in [0.25, 0.3) is 0 Å². The summed E-state index contributed by atoms with van der Waals surface area (Å²) < 4.78 is 7.20. The fourth-order valence-electron chi connectivity index (χ4n) is 2.23. The Morgan fingerprint density at radius 3 is 2.85 bits per heavy atom. The summed E-state index contributed by atoms with van der Waals surface area (Å²) in [5, 5.41) is 22.5. The standard InChI is InChI=1S/C18H16BrN3O4/c1-2-26-18(25)13(10-20)8-14-11-22(7-6-16(23)24)21-17(14)12-4-3-5-15(19)9-12/h3-5,8-9,11H,2,6-7H2,1H3,(H,23,24)/b13-8+. The molecule has 0 amide bonds. The average molecular weight is 418 g/mol. The van der Waals surface area contributed by atoms with Crippen molar-refractivity contribution in [3.63, 3.8) is 0 Å². The van der Waals surface area contributed by atoms with Crippen LogP contribution in [-0.2, 0) is 20.9 Å². The molecular formula is C18H16BrN3O4. The lowest BCUT2D eigenvalue weighted by atomic mass is 10.1. The molecule has 1 aromatic heterocycles.